The van der Waals surface area contributed by atoms with Gasteiger partial charge in [-0.15, -0.1) is 11.3 Å². The number of thiazole rings is 1. The molecule has 0 saturated carbocycles. The van der Waals surface area contributed by atoms with Crippen molar-refractivity contribution in [1.82, 2.24) is 4.98 Å². The lowest BCUT2D eigenvalue weighted by molar-refractivity contribution is -0.133. The summed E-state index contributed by atoms with van der Waals surface area (Å²) >= 11 is 1.54. The van der Waals surface area contributed by atoms with Gasteiger partial charge in [-0.2, -0.15) is 0 Å². The lowest BCUT2D eigenvalue weighted by Crippen LogP contribution is -2.11. The number of carbonyl (C=O) groups excluding carboxylic acids is 2. The van der Waals surface area contributed by atoms with Crippen LogP contribution in [-0.2, 0) is 17.6 Å². The smallest absolute Gasteiger partial charge is 0.317 e. The van der Waals surface area contributed by atoms with E-state index < -0.39 is 0 Å². The third kappa shape index (κ3) is 3.74. The highest BCUT2D eigenvalue weighted by atomic mass is 32.1. The van der Waals surface area contributed by atoms with Gasteiger partial charge in [0.15, 0.2) is 5.78 Å². The standard InChI is InChI=1S/C15H15NO3S/c1-3-14-16-12(9-20-14)8-15(18)19-13-6-4-5-11(7-13)10(2)17/h4-7,9H,3,8H2,1-2H3. The minimum Gasteiger partial charge on any atom is -0.426 e. The molecule has 0 atom stereocenters. The third-order valence-electron chi connectivity index (χ3n) is 2.70. The summed E-state index contributed by atoms with van der Waals surface area (Å²) in [5, 5.41) is 2.87. The summed E-state index contributed by atoms with van der Waals surface area (Å²) < 4.78 is 5.23. The van der Waals surface area contributed by atoms with Crippen molar-refractivity contribution in [1.29, 1.82) is 0 Å². The number of rotatable bonds is 5. The van der Waals surface area contributed by atoms with Crippen LogP contribution in [0.25, 0.3) is 0 Å². The summed E-state index contributed by atoms with van der Waals surface area (Å²) in [6.07, 6.45) is 1.00. The molecule has 0 unspecified atom stereocenters. The molecule has 0 bridgehead atoms. The first-order valence-corrected chi connectivity index (χ1v) is 7.21. The number of esters is 1. The molecule has 104 valence electrons. The summed E-state index contributed by atoms with van der Waals surface area (Å²) in [4.78, 5) is 27.4. The Labute approximate surface area is 121 Å². The summed E-state index contributed by atoms with van der Waals surface area (Å²) in [7, 11) is 0. The van der Waals surface area contributed by atoms with Gasteiger partial charge in [0.25, 0.3) is 0 Å². The molecule has 1 aromatic carbocycles. The van der Waals surface area contributed by atoms with Crippen LogP contribution in [0.1, 0.15) is 34.9 Å². The Balaban J connectivity index is 2.00. The second-order valence-corrected chi connectivity index (χ2v) is 5.26. The molecule has 5 heteroatoms. The molecule has 4 nitrogen and oxygen atoms in total. The van der Waals surface area contributed by atoms with Crippen LogP contribution in [0, 0.1) is 0 Å². The molecule has 0 radical (unpaired) electrons. The van der Waals surface area contributed by atoms with Crippen molar-refractivity contribution in [2.45, 2.75) is 26.7 Å². The molecular formula is C15H15NO3S. The Morgan fingerprint density at radius 2 is 2.15 bits per heavy atom. The van der Waals surface area contributed by atoms with Crippen molar-refractivity contribution in [3.63, 3.8) is 0 Å². The van der Waals surface area contributed by atoms with Crippen molar-refractivity contribution in [2.24, 2.45) is 0 Å². The molecule has 0 aliphatic carbocycles. The van der Waals surface area contributed by atoms with Crippen molar-refractivity contribution in [2.75, 3.05) is 0 Å². The van der Waals surface area contributed by atoms with Crippen LogP contribution in [-0.4, -0.2) is 16.7 Å². The number of aryl methyl sites for hydroxylation is 1. The van der Waals surface area contributed by atoms with Gasteiger partial charge in [0.2, 0.25) is 0 Å². The van der Waals surface area contributed by atoms with Crippen LogP contribution in [0.3, 0.4) is 0 Å². The number of nitrogens with zero attached hydrogens (tertiary/aromatic N) is 1. The number of carbonyl (C=O) groups is 2. The number of Topliss-reactive ketones (excluding diaryl/α,β-unsaturated/α-hetero) is 1. The predicted octanol–water partition coefficient (Wildman–Crippen LogP) is 3.06. The van der Waals surface area contributed by atoms with Crippen LogP contribution >= 0.6 is 11.3 Å². The molecule has 2 aromatic rings. The van der Waals surface area contributed by atoms with Crippen LogP contribution in [0.15, 0.2) is 29.6 Å². The first kappa shape index (κ1) is 14.4. The van der Waals surface area contributed by atoms with Crippen LogP contribution < -0.4 is 4.74 Å². The Bertz CT molecular complexity index is 634. The summed E-state index contributed by atoms with van der Waals surface area (Å²) in [5.41, 5.74) is 1.25. The van der Waals surface area contributed by atoms with Gasteiger partial charge in [-0.3, -0.25) is 9.59 Å². The zero-order chi connectivity index (χ0) is 14.5. The van der Waals surface area contributed by atoms with Gasteiger partial charge in [-0.1, -0.05) is 19.1 Å². The molecular weight excluding hydrogens is 274 g/mol. The summed E-state index contributed by atoms with van der Waals surface area (Å²) in [6, 6.07) is 6.60. The quantitative estimate of drug-likeness (QED) is 0.482. The fourth-order valence-electron chi connectivity index (χ4n) is 1.69. The summed E-state index contributed by atoms with van der Waals surface area (Å²) in [6.45, 7) is 3.50. The van der Waals surface area contributed by atoms with E-state index in [0.29, 0.717) is 11.3 Å². The van der Waals surface area contributed by atoms with Gasteiger partial charge in [-0.25, -0.2) is 4.98 Å². The van der Waals surface area contributed by atoms with E-state index in [2.05, 4.69) is 4.98 Å². The Morgan fingerprint density at radius 1 is 1.35 bits per heavy atom. The van der Waals surface area contributed by atoms with E-state index >= 15 is 0 Å². The van der Waals surface area contributed by atoms with Gasteiger partial charge < -0.3 is 4.74 Å². The fourth-order valence-corrected chi connectivity index (χ4v) is 2.43. The maximum absolute atomic E-state index is 11.8. The average Bonchev–Trinajstić information content (AvgIpc) is 2.86. The molecule has 0 N–H and O–H groups in total. The van der Waals surface area contributed by atoms with Gasteiger partial charge in [0.1, 0.15) is 5.75 Å². The highest BCUT2D eigenvalue weighted by Crippen LogP contribution is 2.16. The SMILES string of the molecule is CCc1nc(CC(=O)Oc2cccc(C(C)=O)c2)cs1. The van der Waals surface area contributed by atoms with E-state index in [4.69, 9.17) is 4.74 Å². The van der Waals surface area contributed by atoms with E-state index in [-0.39, 0.29) is 18.2 Å². The molecule has 1 aromatic heterocycles. The first-order chi connectivity index (χ1) is 9.58. The number of ketones is 1. The molecule has 0 fully saturated rings. The maximum Gasteiger partial charge on any atom is 0.317 e. The third-order valence-corrected chi connectivity index (χ3v) is 3.74. The lowest BCUT2D eigenvalue weighted by Gasteiger charge is -2.04. The van der Waals surface area contributed by atoms with E-state index in [1.54, 1.807) is 35.6 Å². The summed E-state index contributed by atoms with van der Waals surface area (Å²) in [5.74, 6) is -0.0534. The molecule has 0 saturated heterocycles. The number of hydrogen-bond acceptors (Lipinski definition) is 5. The van der Waals surface area contributed by atoms with E-state index in [0.717, 1.165) is 17.1 Å². The Kier molecular flexibility index (Phi) is 4.63. The molecule has 0 aliphatic rings. The first-order valence-electron chi connectivity index (χ1n) is 6.33. The van der Waals surface area contributed by atoms with Crippen molar-refractivity contribution >= 4 is 23.1 Å². The van der Waals surface area contributed by atoms with Crippen molar-refractivity contribution in [3.05, 3.63) is 45.9 Å². The number of ether oxygens (including phenoxy) is 1. The largest absolute Gasteiger partial charge is 0.426 e. The lowest BCUT2D eigenvalue weighted by atomic mass is 10.1. The van der Waals surface area contributed by atoms with E-state index in [1.165, 1.54) is 6.92 Å². The maximum atomic E-state index is 11.8. The second-order valence-electron chi connectivity index (χ2n) is 4.32. The normalized spacial score (nSPS) is 10.3. The van der Waals surface area contributed by atoms with Crippen molar-refractivity contribution in [3.8, 4) is 5.75 Å². The van der Waals surface area contributed by atoms with Gasteiger partial charge >= 0.3 is 5.97 Å². The van der Waals surface area contributed by atoms with Crippen molar-refractivity contribution < 1.29 is 14.3 Å². The zero-order valence-corrected chi connectivity index (χ0v) is 12.2. The highest BCUT2D eigenvalue weighted by molar-refractivity contribution is 7.09. The van der Waals surface area contributed by atoms with E-state index in [9.17, 15) is 9.59 Å². The minimum atomic E-state index is -0.376. The number of benzene rings is 1. The zero-order valence-electron chi connectivity index (χ0n) is 11.4. The molecule has 2 rings (SSSR count). The number of hydrogen-bond donors (Lipinski definition) is 0. The van der Waals surface area contributed by atoms with Gasteiger partial charge in [0, 0.05) is 10.9 Å². The molecule has 0 aliphatic heterocycles. The monoisotopic (exact) mass is 289 g/mol. The second kappa shape index (κ2) is 6.43. The molecule has 1 heterocycles. The highest BCUT2D eigenvalue weighted by Gasteiger charge is 2.10. The predicted molar refractivity (Wildman–Crippen MR) is 77.3 cm³/mol. The van der Waals surface area contributed by atoms with Crippen LogP contribution in [0.2, 0.25) is 0 Å². The Hall–Kier alpha value is -2.01. The topological polar surface area (TPSA) is 56.3 Å². The average molecular weight is 289 g/mol. The van der Waals surface area contributed by atoms with Crippen LogP contribution in [0.4, 0.5) is 0 Å². The number of aromatic nitrogens is 1. The molecule has 0 spiro atoms. The minimum absolute atomic E-state index is 0.0602. The van der Waals surface area contributed by atoms with Gasteiger partial charge in [0.05, 0.1) is 17.1 Å². The van der Waals surface area contributed by atoms with Gasteiger partial charge in [-0.05, 0) is 25.5 Å². The molecule has 20 heavy (non-hydrogen) atoms. The van der Waals surface area contributed by atoms with E-state index in [1.807, 2.05) is 12.3 Å². The Morgan fingerprint density at radius 3 is 2.80 bits per heavy atom. The van der Waals surface area contributed by atoms with Crippen LogP contribution in [0.5, 0.6) is 5.75 Å². The fraction of sp³-hybridized carbons (Fsp3) is 0.267. The molecule has 0 amide bonds.